The van der Waals surface area contributed by atoms with Crippen molar-refractivity contribution in [2.75, 3.05) is 13.1 Å². The summed E-state index contributed by atoms with van der Waals surface area (Å²) in [6.45, 7) is 11.1. The largest absolute Gasteiger partial charge is 0.374 e. The Balaban J connectivity index is 1.99. The van der Waals surface area contributed by atoms with Gasteiger partial charge in [0.2, 0.25) is 0 Å². The summed E-state index contributed by atoms with van der Waals surface area (Å²) in [7, 11) is 0. The minimum Gasteiger partial charge on any atom is -0.374 e. The second-order valence-electron chi connectivity index (χ2n) is 5.66. The highest BCUT2D eigenvalue weighted by Gasteiger charge is 2.21. The molecule has 1 N–H and O–H groups in total. The van der Waals surface area contributed by atoms with Crippen LogP contribution in [0.5, 0.6) is 0 Å². The first-order valence-electron chi connectivity index (χ1n) is 5.83. The molecule has 1 heterocycles. The Morgan fingerprint density at radius 3 is 2.50 bits per heavy atom. The minimum atomic E-state index is 0.441. The molecule has 0 aromatic rings. The molecular formula is C12H25NO. The minimum absolute atomic E-state index is 0.441. The van der Waals surface area contributed by atoms with Crippen molar-refractivity contribution in [3.8, 4) is 0 Å². The van der Waals surface area contributed by atoms with Crippen molar-refractivity contribution in [1.82, 2.24) is 5.32 Å². The van der Waals surface area contributed by atoms with Crippen LogP contribution in [0.1, 0.15) is 47.0 Å². The van der Waals surface area contributed by atoms with Gasteiger partial charge in [-0.05, 0) is 38.1 Å². The first kappa shape index (κ1) is 12.0. The molecule has 0 saturated carbocycles. The van der Waals surface area contributed by atoms with Gasteiger partial charge in [0.25, 0.3) is 0 Å². The van der Waals surface area contributed by atoms with Gasteiger partial charge in [0.05, 0.1) is 12.2 Å². The van der Waals surface area contributed by atoms with Crippen molar-refractivity contribution >= 4 is 0 Å². The quantitative estimate of drug-likeness (QED) is 0.703. The maximum Gasteiger partial charge on any atom is 0.0704 e. The van der Waals surface area contributed by atoms with Crippen LogP contribution < -0.4 is 5.32 Å². The average molecular weight is 199 g/mol. The number of nitrogens with one attached hydrogen (secondary N) is 1. The second-order valence-corrected chi connectivity index (χ2v) is 5.66. The number of hydrogen-bond acceptors (Lipinski definition) is 2. The molecule has 1 aliphatic rings. The van der Waals surface area contributed by atoms with Crippen LogP contribution in [0, 0.1) is 5.41 Å². The standard InChI is InChI=1S/C12H25NO/c1-10-5-6-11(14-10)9-13-8-7-12(2,3)4/h10-11,13H,5-9H2,1-4H3. The zero-order valence-corrected chi connectivity index (χ0v) is 10.1. The zero-order valence-electron chi connectivity index (χ0n) is 10.1. The molecule has 1 aliphatic heterocycles. The first-order valence-corrected chi connectivity index (χ1v) is 5.83. The summed E-state index contributed by atoms with van der Waals surface area (Å²) in [4.78, 5) is 0. The van der Waals surface area contributed by atoms with Crippen LogP contribution in [0.15, 0.2) is 0 Å². The Kier molecular flexibility index (Phi) is 4.39. The summed E-state index contributed by atoms with van der Waals surface area (Å²) in [5.41, 5.74) is 0.441. The number of hydrogen-bond donors (Lipinski definition) is 1. The maximum absolute atomic E-state index is 5.73. The van der Waals surface area contributed by atoms with Gasteiger partial charge in [-0.2, -0.15) is 0 Å². The van der Waals surface area contributed by atoms with E-state index in [1.807, 2.05) is 0 Å². The fraction of sp³-hybridized carbons (Fsp3) is 1.00. The Hall–Kier alpha value is -0.0800. The predicted molar refractivity (Wildman–Crippen MR) is 60.5 cm³/mol. The molecule has 0 radical (unpaired) electrons. The van der Waals surface area contributed by atoms with E-state index in [1.54, 1.807) is 0 Å². The Bertz CT molecular complexity index is 162. The molecule has 2 heteroatoms. The molecule has 1 fully saturated rings. The molecule has 14 heavy (non-hydrogen) atoms. The van der Waals surface area contributed by atoms with E-state index in [9.17, 15) is 0 Å². The van der Waals surface area contributed by atoms with Crippen molar-refractivity contribution < 1.29 is 4.74 Å². The summed E-state index contributed by atoms with van der Waals surface area (Å²) in [6.07, 6.45) is 4.62. The summed E-state index contributed by atoms with van der Waals surface area (Å²) < 4.78 is 5.73. The number of ether oxygens (including phenoxy) is 1. The molecule has 0 aromatic carbocycles. The van der Waals surface area contributed by atoms with E-state index >= 15 is 0 Å². The Morgan fingerprint density at radius 1 is 1.29 bits per heavy atom. The van der Waals surface area contributed by atoms with Gasteiger partial charge < -0.3 is 10.1 Å². The molecule has 0 bridgehead atoms. The van der Waals surface area contributed by atoms with Gasteiger partial charge >= 0.3 is 0 Å². The molecule has 0 aromatic heterocycles. The first-order chi connectivity index (χ1) is 6.47. The third-order valence-electron chi connectivity index (χ3n) is 2.74. The van der Waals surface area contributed by atoms with E-state index in [1.165, 1.54) is 19.3 Å². The fourth-order valence-electron chi connectivity index (χ4n) is 1.76. The molecule has 2 atom stereocenters. The fourth-order valence-corrected chi connectivity index (χ4v) is 1.76. The molecule has 2 unspecified atom stereocenters. The molecule has 0 spiro atoms. The van der Waals surface area contributed by atoms with Gasteiger partial charge in [0.1, 0.15) is 0 Å². The third-order valence-corrected chi connectivity index (χ3v) is 2.74. The highest BCUT2D eigenvalue weighted by molar-refractivity contribution is 4.73. The molecular weight excluding hydrogens is 174 g/mol. The van der Waals surface area contributed by atoms with Gasteiger partial charge in [-0.25, -0.2) is 0 Å². The maximum atomic E-state index is 5.73. The van der Waals surface area contributed by atoms with Gasteiger partial charge in [-0.15, -0.1) is 0 Å². The van der Waals surface area contributed by atoms with Gasteiger partial charge in [-0.1, -0.05) is 20.8 Å². The highest BCUT2D eigenvalue weighted by atomic mass is 16.5. The van der Waals surface area contributed by atoms with Crippen LogP contribution in [0.3, 0.4) is 0 Å². The third kappa shape index (κ3) is 4.97. The molecule has 84 valence electrons. The molecule has 0 aliphatic carbocycles. The van der Waals surface area contributed by atoms with Crippen LogP contribution >= 0.6 is 0 Å². The van der Waals surface area contributed by atoms with Crippen LogP contribution in [0.25, 0.3) is 0 Å². The lowest BCUT2D eigenvalue weighted by Gasteiger charge is -2.19. The summed E-state index contributed by atoms with van der Waals surface area (Å²) in [5.74, 6) is 0. The highest BCUT2D eigenvalue weighted by Crippen LogP contribution is 2.19. The summed E-state index contributed by atoms with van der Waals surface area (Å²) >= 11 is 0. The van der Waals surface area contributed by atoms with Crippen molar-refractivity contribution in [3.63, 3.8) is 0 Å². The van der Waals surface area contributed by atoms with E-state index in [0.717, 1.165) is 13.1 Å². The van der Waals surface area contributed by atoms with E-state index < -0.39 is 0 Å². The molecule has 1 saturated heterocycles. The molecule has 2 nitrogen and oxygen atoms in total. The normalized spacial score (nSPS) is 28.3. The Labute approximate surface area is 88.4 Å². The van der Waals surface area contributed by atoms with Crippen LogP contribution in [0.2, 0.25) is 0 Å². The van der Waals surface area contributed by atoms with Crippen LogP contribution in [0.4, 0.5) is 0 Å². The Morgan fingerprint density at radius 2 is 2.00 bits per heavy atom. The van der Waals surface area contributed by atoms with Crippen molar-refractivity contribution in [2.45, 2.75) is 59.2 Å². The SMILES string of the molecule is CC1CCC(CNCCC(C)(C)C)O1. The smallest absolute Gasteiger partial charge is 0.0704 e. The van der Waals surface area contributed by atoms with E-state index in [-0.39, 0.29) is 0 Å². The molecule has 1 rings (SSSR count). The number of rotatable bonds is 4. The zero-order chi connectivity index (χ0) is 10.6. The lowest BCUT2D eigenvalue weighted by atomic mass is 9.92. The lowest BCUT2D eigenvalue weighted by Crippen LogP contribution is -2.29. The van der Waals surface area contributed by atoms with Crippen molar-refractivity contribution in [2.24, 2.45) is 5.41 Å². The summed E-state index contributed by atoms with van der Waals surface area (Å²) in [6, 6.07) is 0. The van der Waals surface area contributed by atoms with Crippen molar-refractivity contribution in [1.29, 1.82) is 0 Å². The topological polar surface area (TPSA) is 21.3 Å². The van der Waals surface area contributed by atoms with Gasteiger partial charge in [-0.3, -0.25) is 0 Å². The van der Waals surface area contributed by atoms with E-state index in [0.29, 0.717) is 17.6 Å². The van der Waals surface area contributed by atoms with Gasteiger partial charge in [0, 0.05) is 6.54 Å². The molecule has 0 amide bonds. The van der Waals surface area contributed by atoms with E-state index in [4.69, 9.17) is 4.74 Å². The van der Waals surface area contributed by atoms with E-state index in [2.05, 4.69) is 33.0 Å². The van der Waals surface area contributed by atoms with Crippen LogP contribution in [-0.2, 0) is 4.74 Å². The van der Waals surface area contributed by atoms with Crippen molar-refractivity contribution in [3.05, 3.63) is 0 Å². The lowest BCUT2D eigenvalue weighted by molar-refractivity contribution is 0.0557. The summed E-state index contributed by atoms with van der Waals surface area (Å²) in [5, 5.41) is 3.48. The van der Waals surface area contributed by atoms with Crippen LogP contribution in [-0.4, -0.2) is 25.3 Å². The monoisotopic (exact) mass is 199 g/mol. The average Bonchev–Trinajstić information content (AvgIpc) is 2.44. The predicted octanol–water partition coefficient (Wildman–Crippen LogP) is 2.58. The second kappa shape index (κ2) is 5.13. The van der Waals surface area contributed by atoms with Gasteiger partial charge in [0.15, 0.2) is 0 Å².